The molecular formula is C52H60Br5ClF2N4O6. The van der Waals surface area contributed by atoms with Crippen LogP contribution in [0.2, 0.25) is 5.02 Å². The van der Waals surface area contributed by atoms with Crippen molar-refractivity contribution in [1.82, 2.24) is 19.6 Å². The van der Waals surface area contributed by atoms with Gasteiger partial charge in [-0.15, -0.1) is 0 Å². The maximum atomic E-state index is 13.5. The highest BCUT2D eigenvalue weighted by atomic mass is 79.9. The van der Waals surface area contributed by atoms with Crippen molar-refractivity contribution in [1.29, 1.82) is 0 Å². The molecule has 0 fully saturated rings. The molecule has 0 aliphatic heterocycles. The molecule has 5 aromatic carbocycles. The highest BCUT2D eigenvalue weighted by Crippen LogP contribution is 2.24. The Labute approximate surface area is 458 Å². The van der Waals surface area contributed by atoms with Crippen molar-refractivity contribution < 1.29 is 37.9 Å². The molecule has 0 saturated heterocycles. The second-order valence-electron chi connectivity index (χ2n) is 14.5. The Morgan fingerprint density at radius 1 is 0.471 bits per heavy atom. The average Bonchev–Trinajstić information content (AvgIpc) is 3.32. The molecule has 0 bridgehead atoms. The summed E-state index contributed by atoms with van der Waals surface area (Å²) in [5.74, 6) is -3.04. The second kappa shape index (κ2) is 33.6. The third-order valence-electron chi connectivity index (χ3n) is 10.2. The molecule has 380 valence electrons. The molecule has 18 heteroatoms. The molecule has 4 amide bonds. The zero-order valence-electron chi connectivity index (χ0n) is 40.7. The van der Waals surface area contributed by atoms with Crippen molar-refractivity contribution in [3.63, 3.8) is 0 Å². The summed E-state index contributed by atoms with van der Waals surface area (Å²) in [5.41, 5.74) is 2.95. The van der Waals surface area contributed by atoms with Crippen molar-refractivity contribution in [2.45, 2.75) is 62.3 Å². The minimum Gasteiger partial charge on any atom is -0.478 e. The second-order valence-corrected chi connectivity index (χ2v) is 19.3. The van der Waals surface area contributed by atoms with Crippen LogP contribution in [0.1, 0.15) is 113 Å². The number of amides is 4. The van der Waals surface area contributed by atoms with E-state index in [1.165, 1.54) is 4.90 Å². The molecule has 0 aliphatic carbocycles. The Hall–Kier alpha value is -4.00. The van der Waals surface area contributed by atoms with Gasteiger partial charge in [0.15, 0.2) is 0 Å². The van der Waals surface area contributed by atoms with Gasteiger partial charge in [-0.2, -0.15) is 0 Å². The summed E-state index contributed by atoms with van der Waals surface area (Å²) in [4.78, 5) is 64.8. The van der Waals surface area contributed by atoms with Crippen molar-refractivity contribution in [2.24, 2.45) is 0 Å². The number of aromatic carboxylic acids is 1. The van der Waals surface area contributed by atoms with Crippen molar-refractivity contribution in [2.75, 3.05) is 52.4 Å². The molecule has 70 heavy (non-hydrogen) atoms. The van der Waals surface area contributed by atoms with Gasteiger partial charge in [0.2, 0.25) is 0 Å². The fourth-order valence-corrected chi connectivity index (χ4v) is 8.49. The Bertz CT molecular complexity index is 2480. The lowest BCUT2D eigenvalue weighted by atomic mass is 10.1. The summed E-state index contributed by atoms with van der Waals surface area (Å²) in [6.45, 7) is 22.6. The van der Waals surface area contributed by atoms with E-state index in [1.807, 2.05) is 102 Å². The fourth-order valence-electron chi connectivity index (χ4n) is 6.18. The topological polar surface area (TPSA) is 119 Å². The Balaban J connectivity index is 0.000000440. The molecule has 0 heterocycles. The SMILES string of the molecule is CCN(CC)C(=O)c1c(F)cc(Br)cc1F.CCN(CC)C(=O)c1ccc(Br)c(C)c1.CCN(CC)C(=O)c1ccc(Br)cc1Cl.CCN(CC)C(=O)c1ccccc1Br.O=C(O)c1ccccc1Br. The lowest BCUT2D eigenvalue weighted by molar-refractivity contribution is 0.0692. The van der Waals surface area contributed by atoms with Gasteiger partial charge in [0.1, 0.15) is 17.2 Å². The zero-order valence-corrected chi connectivity index (χ0v) is 49.4. The molecule has 1 N–H and O–H groups in total. The van der Waals surface area contributed by atoms with E-state index in [9.17, 15) is 32.8 Å². The van der Waals surface area contributed by atoms with Crippen LogP contribution in [0.5, 0.6) is 0 Å². The van der Waals surface area contributed by atoms with Crippen LogP contribution in [0.4, 0.5) is 8.78 Å². The molecular weight excluding hydrogens is 1250 g/mol. The highest BCUT2D eigenvalue weighted by Gasteiger charge is 2.22. The zero-order chi connectivity index (χ0) is 53.2. The van der Waals surface area contributed by atoms with Crippen LogP contribution in [0.15, 0.2) is 119 Å². The quantitative estimate of drug-likeness (QED) is 0.125. The minimum atomic E-state index is -0.910. The molecule has 0 spiro atoms. The van der Waals surface area contributed by atoms with Crippen LogP contribution in [-0.4, -0.2) is 107 Å². The first-order chi connectivity index (χ1) is 33.1. The third-order valence-corrected chi connectivity index (χ3v) is 13.7. The fraction of sp³-hybridized carbons (Fsp3) is 0.327. The Kier molecular flexibility index (Phi) is 30.7. The number of benzene rings is 5. The van der Waals surface area contributed by atoms with E-state index in [0.717, 1.165) is 68.4 Å². The van der Waals surface area contributed by atoms with E-state index in [2.05, 4.69) is 79.6 Å². The van der Waals surface area contributed by atoms with Crippen LogP contribution in [0.25, 0.3) is 0 Å². The van der Waals surface area contributed by atoms with Gasteiger partial charge in [-0.1, -0.05) is 83.7 Å². The Morgan fingerprint density at radius 3 is 1.26 bits per heavy atom. The van der Waals surface area contributed by atoms with E-state index >= 15 is 0 Å². The summed E-state index contributed by atoms with van der Waals surface area (Å²) in [5, 5.41) is 9.02. The van der Waals surface area contributed by atoms with Gasteiger partial charge in [0.25, 0.3) is 23.6 Å². The van der Waals surface area contributed by atoms with E-state index < -0.39 is 29.1 Å². The molecule has 5 aromatic rings. The number of aryl methyl sites for hydroxylation is 1. The molecule has 0 unspecified atom stereocenters. The van der Waals surface area contributed by atoms with Crippen molar-refractivity contribution in [3.8, 4) is 0 Å². The summed E-state index contributed by atoms with van der Waals surface area (Å²) in [7, 11) is 0. The van der Waals surface area contributed by atoms with E-state index in [4.69, 9.17) is 16.7 Å². The smallest absolute Gasteiger partial charge is 0.336 e. The van der Waals surface area contributed by atoms with E-state index in [-0.39, 0.29) is 22.2 Å². The monoisotopic (exact) mass is 1300 g/mol. The maximum absolute atomic E-state index is 13.5. The first kappa shape index (κ1) is 64.0. The van der Waals surface area contributed by atoms with Gasteiger partial charge in [0.05, 0.1) is 21.7 Å². The lowest BCUT2D eigenvalue weighted by Crippen LogP contribution is -2.31. The first-order valence-corrected chi connectivity index (χ1v) is 26.7. The van der Waals surface area contributed by atoms with Gasteiger partial charge in [-0.05, 0) is 173 Å². The third kappa shape index (κ3) is 20.2. The van der Waals surface area contributed by atoms with Gasteiger partial charge >= 0.3 is 5.97 Å². The standard InChI is InChI=1S/C12H16BrNO.C11H13BrClNO.C11H12BrF2NO.C11H14BrNO.C7H5BrO2/c1-4-14(5-2)12(15)10-6-7-11(13)9(3)8-10;1-3-14(4-2)11(15)9-6-5-8(12)7-10(9)13;1-3-15(4-2)11(16)10-8(13)5-7(12)6-9(10)14;1-3-13(4-2)11(14)9-7-5-6-8-10(9)12;8-6-4-2-1-3-5(6)7(9)10/h6-8H,4-5H2,1-3H3;5-7H,3-4H2,1-2H3;5-6H,3-4H2,1-2H3;5-8H,3-4H2,1-2H3;1-4H,(H,9,10). The predicted octanol–water partition coefficient (Wildman–Crippen LogP) is 15.1. The highest BCUT2D eigenvalue weighted by molar-refractivity contribution is 9.11. The summed E-state index contributed by atoms with van der Waals surface area (Å²) >= 11 is 22.2. The number of halogens is 8. The normalized spacial score (nSPS) is 10.0. The van der Waals surface area contributed by atoms with Gasteiger partial charge in [-0.3, -0.25) is 19.2 Å². The first-order valence-electron chi connectivity index (χ1n) is 22.4. The van der Waals surface area contributed by atoms with Crippen LogP contribution >= 0.6 is 91.3 Å². The molecule has 0 aliphatic rings. The van der Waals surface area contributed by atoms with Crippen molar-refractivity contribution in [3.05, 3.63) is 169 Å². The van der Waals surface area contributed by atoms with Crippen LogP contribution in [-0.2, 0) is 0 Å². The minimum absolute atomic E-state index is 0.0162. The van der Waals surface area contributed by atoms with Crippen LogP contribution < -0.4 is 0 Å². The molecule has 5 rings (SSSR count). The number of hydrogen-bond donors (Lipinski definition) is 1. The molecule has 10 nitrogen and oxygen atoms in total. The Morgan fingerprint density at radius 2 is 0.871 bits per heavy atom. The van der Waals surface area contributed by atoms with Crippen molar-refractivity contribution >= 4 is 121 Å². The summed E-state index contributed by atoms with van der Waals surface area (Å²) in [6, 6.07) is 27.4. The number of carbonyl (C=O) groups is 5. The van der Waals surface area contributed by atoms with E-state index in [1.54, 1.807) is 60.0 Å². The lowest BCUT2D eigenvalue weighted by Gasteiger charge is -2.19. The number of hydrogen-bond acceptors (Lipinski definition) is 5. The largest absolute Gasteiger partial charge is 0.478 e. The van der Waals surface area contributed by atoms with Gasteiger partial charge < -0.3 is 24.7 Å². The number of nitrogens with zero attached hydrogens (tertiary/aromatic N) is 4. The van der Waals surface area contributed by atoms with Gasteiger partial charge in [0, 0.05) is 80.3 Å². The number of carboxylic acid groups (broad SMARTS) is 1. The predicted molar refractivity (Wildman–Crippen MR) is 296 cm³/mol. The number of rotatable bonds is 13. The van der Waals surface area contributed by atoms with Crippen LogP contribution in [0, 0.1) is 18.6 Å². The molecule has 0 saturated carbocycles. The van der Waals surface area contributed by atoms with Crippen LogP contribution in [0.3, 0.4) is 0 Å². The molecule has 0 aromatic heterocycles. The number of carbonyl (C=O) groups excluding carboxylic acids is 4. The summed E-state index contributed by atoms with van der Waals surface area (Å²) < 4.78 is 30.6. The molecule has 0 radical (unpaired) electrons. The number of carboxylic acids is 1. The summed E-state index contributed by atoms with van der Waals surface area (Å²) in [6.07, 6.45) is 0. The van der Waals surface area contributed by atoms with Gasteiger partial charge in [-0.25, -0.2) is 13.6 Å². The maximum Gasteiger partial charge on any atom is 0.336 e. The van der Waals surface area contributed by atoms with E-state index in [0.29, 0.717) is 46.8 Å². The molecule has 0 atom stereocenters. The average molecular weight is 1310 g/mol.